The Hall–Kier alpha value is -4.63. The van der Waals surface area contributed by atoms with E-state index < -0.39 is 12.0 Å². The molecule has 1 aromatic heterocycles. The SMILES string of the molecule is CCOC(=O)C1=C(c2ccccc2)N=c2s/c(=C/c3ccc(OCc4ccc(Cl)c(Cl)c4)cc3)c(=O)n2[C@H]1c1ccc(OC)cc1. The summed E-state index contributed by atoms with van der Waals surface area (Å²) in [5, 5.41) is 0.961. The standard InChI is InChI=1S/C36H28Cl2N2O5S/c1-3-44-35(42)31-32(24-7-5-4-6-8-24)39-36-40(33(31)25-12-16-26(43-2)17-13-25)34(41)30(46-36)20-22-9-14-27(15-10-22)45-21-23-11-18-28(37)29(38)19-23/h4-20,33H,3,21H2,1-2H3/b30-20+/t33-/m0/s1. The van der Waals surface area contributed by atoms with Crippen LogP contribution in [-0.2, 0) is 16.1 Å². The van der Waals surface area contributed by atoms with Crippen molar-refractivity contribution in [2.45, 2.75) is 19.6 Å². The quantitative estimate of drug-likeness (QED) is 0.161. The third-order valence-corrected chi connectivity index (χ3v) is 9.09. The number of nitrogens with zero attached hydrogens (tertiary/aromatic N) is 2. The number of carbonyl (C=O) groups is 1. The van der Waals surface area contributed by atoms with Gasteiger partial charge in [0.25, 0.3) is 5.56 Å². The first kappa shape index (κ1) is 31.4. The number of carbonyl (C=O) groups excluding carboxylic acids is 1. The van der Waals surface area contributed by atoms with E-state index in [0.717, 1.165) is 22.3 Å². The van der Waals surface area contributed by atoms with Crippen molar-refractivity contribution in [1.82, 2.24) is 4.57 Å². The molecule has 0 saturated heterocycles. The Morgan fingerprint density at radius 2 is 1.65 bits per heavy atom. The number of hydrogen-bond donors (Lipinski definition) is 0. The molecule has 46 heavy (non-hydrogen) atoms. The highest BCUT2D eigenvalue weighted by atomic mass is 35.5. The zero-order valence-electron chi connectivity index (χ0n) is 24.9. The lowest BCUT2D eigenvalue weighted by Crippen LogP contribution is -2.40. The maximum atomic E-state index is 14.1. The molecular weight excluding hydrogens is 643 g/mol. The van der Waals surface area contributed by atoms with E-state index >= 15 is 0 Å². The van der Waals surface area contributed by atoms with E-state index in [1.54, 1.807) is 42.9 Å². The van der Waals surface area contributed by atoms with Crippen molar-refractivity contribution >= 4 is 52.3 Å². The predicted molar refractivity (Wildman–Crippen MR) is 181 cm³/mol. The Kier molecular flexibility index (Phi) is 9.40. The molecule has 0 amide bonds. The van der Waals surface area contributed by atoms with Crippen LogP contribution in [0, 0.1) is 0 Å². The lowest BCUT2D eigenvalue weighted by Gasteiger charge is -2.26. The largest absolute Gasteiger partial charge is 0.497 e. The average Bonchev–Trinajstić information content (AvgIpc) is 3.39. The molecule has 0 unspecified atom stereocenters. The van der Waals surface area contributed by atoms with Gasteiger partial charge in [-0.2, -0.15) is 0 Å². The van der Waals surface area contributed by atoms with Crippen molar-refractivity contribution in [2.75, 3.05) is 13.7 Å². The van der Waals surface area contributed by atoms with Crippen LogP contribution in [0.1, 0.15) is 35.2 Å². The van der Waals surface area contributed by atoms with Crippen LogP contribution in [0.25, 0.3) is 11.8 Å². The monoisotopic (exact) mass is 670 g/mol. The minimum absolute atomic E-state index is 0.178. The fourth-order valence-electron chi connectivity index (χ4n) is 5.15. The molecular formula is C36H28Cl2N2O5S. The highest BCUT2D eigenvalue weighted by Gasteiger charge is 2.35. The zero-order valence-corrected chi connectivity index (χ0v) is 27.2. The second kappa shape index (κ2) is 13.8. The van der Waals surface area contributed by atoms with Crippen molar-refractivity contribution in [2.24, 2.45) is 4.99 Å². The molecule has 1 aliphatic heterocycles. The number of rotatable bonds is 9. The number of esters is 1. The van der Waals surface area contributed by atoms with Crippen molar-refractivity contribution < 1.29 is 19.0 Å². The number of ether oxygens (including phenoxy) is 3. The van der Waals surface area contributed by atoms with E-state index in [1.165, 1.54) is 11.3 Å². The van der Waals surface area contributed by atoms with E-state index in [1.807, 2.05) is 78.9 Å². The third-order valence-electron chi connectivity index (χ3n) is 7.37. The molecule has 0 fully saturated rings. The number of hydrogen-bond acceptors (Lipinski definition) is 7. The summed E-state index contributed by atoms with van der Waals surface area (Å²) in [6.45, 7) is 2.26. The van der Waals surface area contributed by atoms with E-state index in [0.29, 0.717) is 48.8 Å². The average molecular weight is 672 g/mol. The summed E-state index contributed by atoms with van der Waals surface area (Å²) in [6, 6.07) is 28.8. The minimum atomic E-state index is -0.768. The maximum Gasteiger partial charge on any atom is 0.338 e. The van der Waals surface area contributed by atoms with Gasteiger partial charge in [0.1, 0.15) is 18.1 Å². The molecule has 0 saturated carbocycles. The molecule has 10 heteroatoms. The summed E-state index contributed by atoms with van der Waals surface area (Å²) in [5.74, 6) is 0.790. The molecule has 0 aliphatic carbocycles. The molecule has 0 radical (unpaired) electrons. The number of thiazole rings is 1. The first-order valence-corrected chi connectivity index (χ1v) is 16.0. The normalized spacial score (nSPS) is 14.4. The molecule has 4 aromatic carbocycles. The van der Waals surface area contributed by atoms with Gasteiger partial charge < -0.3 is 14.2 Å². The number of methoxy groups -OCH3 is 1. The first-order valence-electron chi connectivity index (χ1n) is 14.5. The minimum Gasteiger partial charge on any atom is -0.497 e. The third kappa shape index (κ3) is 6.51. The molecule has 0 N–H and O–H groups in total. The summed E-state index contributed by atoms with van der Waals surface area (Å²) in [4.78, 5) is 33.1. The fourth-order valence-corrected chi connectivity index (χ4v) is 6.47. The Balaban J connectivity index is 1.42. The molecule has 0 bridgehead atoms. The summed E-state index contributed by atoms with van der Waals surface area (Å²) in [5.41, 5.74) is 3.67. The van der Waals surface area contributed by atoms with Gasteiger partial charge in [0.2, 0.25) is 0 Å². The van der Waals surface area contributed by atoms with Crippen molar-refractivity contribution in [3.8, 4) is 11.5 Å². The predicted octanol–water partition coefficient (Wildman–Crippen LogP) is 6.83. The molecule has 1 atom stereocenters. The number of aromatic nitrogens is 1. The van der Waals surface area contributed by atoms with Crippen LogP contribution in [0.2, 0.25) is 10.0 Å². The van der Waals surface area contributed by atoms with Gasteiger partial charge in [0.15, 0.2) is 4.80 Å². The molecule has 5 aromatic rings. The molecule has 232 valence electrons. The van der Waals surface area contributed by atoms with Gasteiger partial charge in [0, 0.05) is 5.56 Å². The van der Waals surface area contributed by atoms with Crippen molar-refractivity contribution in [1.29, 1.82) is 0 Å². The lowest BCUT2D eigenvalue weighted by atomic mass is 9.93. The van der Waals surface area contributed by atoms with E-state index in [9.17, 15) is 9.59 Å². The van der Waals surface area contributed by atoms with Gasteiger partial charge in [-0.1, -0.05) is 95.2 Å². The van der Waals surface area contributed by atoms with Gasteiger partial charge in [0.05, 0.1) is 45.6 Å². The molecule has 6 rings (SSSR count). The van der Waals surface area contributed by atoms with E-state index in [-0.39, 0.29) is 12.2 Å². The van der Waals surface area contributed by atoms with Gasteiger partial charge in [-0.05, 0) is 66.1 Å². The van der Waals surface area contributed by atoms with Gasteiger partial charge in [-0.15, -0.1) is 0 Å². The van der Waals surface area contributed by atoms with Gasteiger partial charge >= 0.3 is 5.97 Å². The van der Waals surface area contributed by atoms with Crippen LogP contribution in [0.15, 0.2) is 112 Å². The summed E-state index contributed by atoms with van der Waals surface area (Å²) >= 11 is 13.4. The first-order chi connectivity index (χ1) is 22.4. The van der Waals surface area contributed by atoms with Gasteiger partial charge in [-0.3, -0.25) is 9.36 Å². The maximum absolute atomic E-state index is 14.1. The summed E-state index contributed by atoms with van der Waals surface area (Å²) in [7, 11) is 1.59. The van der Waals surface area contributed by atoms with Crippen LogP contribution < -0.4 is 24.4 Å². The highest BCUT2D eigenvalue weighted by Crippen LogP contribution is 2.35. The smallest absolute Gasteiger partial charge is 0.338 e. The van der Waals surface area contributed by atoms with Crippen LogP contribution in [0.5, 0.6) is 11.5 Å². The van der Waals surface area contributed by atoms with Crippen LogP contribution in [0.4, 0.5) is 0 Å². The Morgan fingerprint density at radius 1 is 0.935 bits per heavy atom. The molecule has 1 aliphatic rings. The number of benzene rings is 4. The van der Waals surface area contributed by atoms with Crippen molar-refractivity contribution in [3.63, 3.8) is 0 Å². The van der Waals surface area contributed by atoms with E-state index in [2.05, 4.69) is 0 Å². The van der Waals surface area contributed by atoms with Gasteiger partial charge in [-0.25, -0.2) is 9.79 Å². The lowest BCUT2D eigenvalue weighted by molar-refractivity contribution is -0.138. The summed E-state index contributed by atoms with van der Waals surface area (Å²) in [6.07, 6.45) is 1.81. The molecule has 7 nitrogen and oxygen atoms in total. The van der Waals surface area contributed by atoms with Crippen molar-refractivity contribution in [3.05, 3.63) is 155 Å². The second-order valence-corrected chi connectivity index (χ2v) is 12.1. The van der Waals surface area contributed by atoms with E-state index in [4.69, 9.17) is 42.4 Å². The number of fused-ring (bicyclic) bond motifs is 1. The topological polar surface area (TPSA) is 79.1 Å². The molecule has 0 spiro atoms. The van der Waals surface area contributed by atoms with Crippen LogP contribution in [0.3, 0.4) is 0 Å². The van der Waals surface area contributed by atoms with Crippen LogP contribution >= 0.6 is 34.5 Å². The zero-order chi connectivity index (χ0) is 32.2. The fraction of sp³-hybridized carbons (Fsp3) is 0.139. The number of halogens is 2. The second-order valence-electron chi connectivity index (χ2n) is 10.3. The molecule has 2 heterocycles. The summed E-state index contributed by atoms with van der Waals surface area (Å²) < 4.78 is 18.9. The Morgan fingerprint density at radius 3 is 2.33 bits per heavy atom. The van der Waals surface area contributed by atoms with Crippen LogP contribution in [-0.4, -0.2) is 24.3 Å². The Labute approximate surface area is 279 Å². The Bertz CT molecular complexity index is 2110. The highest BCUT2D eigenvalue weighted by molar-refractivity contribution is 7.07.